The van der Waals surface area contributed by atoms with Crippen molar-refractivity contribution in [3.05, 3.63) is 66.2 Å². The highest BCUT2D eigenvalue weighted by Gasteiger charge is 2.33. The number of hydrogen-bond donors (Lipinski definition) is 2. The van der Waals surface area contributed by atoms with Gasteiger partial charge in [0.25, 0.3) is 0 Å². The Morgan fingerprint density at radius 3 is 2.28 bits per heavy atom. The third kappa shape index (κ3) is 4.59. The lowest BCUT2D eigenvalue weighted by molar-refractivity contribution is -0.139. The fraction of sp³-hybridized carbons (Fsp3) is 0.300. The summed E-state index contributed by atoms with van der Waals surface area (Å²) < 4.78 is 0. The van der Waals surface area contributed by atoms with E-state index in [0.717, 1.165) is 19.5 Å². The quantitative estimate of drug-likeness (QED) is 0.881. The second-order valence-electron chi connectivity index (χ2n) is 6.49. The van der Waals surface area contributed by atoms with Crippen molar-refractivity contribution in [2.45, 2.75) is 19.4 Å². The van der Waals surface area contributed by atoms with Crippen LogP contribution in [0.15, 0.2) is 60.7 Å². The first kappa shape index (κ1) is 17.0. The molecule has 0 saturated carbocycles. The minimum Gasteiger partial charge on any atom is -0.340 e. The van der Waals surface area contributed by atoms with Crippen LogP contribution in [0.3, 0.4) is 0 Å². The topological polar surface area (TPSA) is 61.4 Å². The number of nitrogens with one attached hydrogen (secondary N) is 2. The molecule has 1 aliphatic rings. The Balaban J connectivity index is 1.42. The molecule has 0 aliphatic carbocycles. The van der Waals surface area contributed by atoms with Crippen LogP contribution in [0.5, 0.6) is 0 Å². The Bertz CT molecular complexity index is 712. The van der Waals surface area contributed by atoms with Crippen LogP contribution in [0.2, 0.25) is 0 Å². The van der Waals surface area contributed by atoms with Gasteiger partial charge in [0.15, 0.2) is 0 Å². The molecule has 1 fully saturated rings. The van der Waals surface area contributed by atoms with Gasteiger partial charge >= 0.3 is 6.03 Å². The Morgan fingerprint density at radius 2 is 1.64 bits per heavy atom. The van der Waals surface area contributed by atoms with E-state index in [0.29, 0.717) is 11.6 Å². The molecule has 1 atom stereocenters. The van der Waals surface area contributed by atoms with Crippen molar-refractivity contribution in [1.29, 1.82) is 0 Å². The lowest BCUT2D eigenvalue weighted by Gasteiger charge is -2.40. The van der Waals surface area contributed by atoms with Crippen molar-refractivity contribution in [2.24, 2.45) is 5.92 Å². The van der Waals surface area contributed by atoms with E-state index in [2.05, 4.69) is 22.8 Å². The van der Waals surface area contributed by atoms with Crippen LogP contribution >= 0.6 is 0 Å². The Kier molecular flexibility index (Phi) is 5.33. The molecule has 0 radical (unpaired) electrons. The summed E-state index contributed by atoms with van der Waals surface area (Å²) in [5.74, 6) is 0.462. The summed E-state index contributed by atoms with van der Waals surface area (Å²) in [6.07, 6.45) is 0.987. The van der Waals surface area contributed by atoms with Gasteiger partial charge in [-0.25, -0.2) is 4.79 Å². The molecule has 3 rings (SSSR count). The molecule has 1 aliphatic heterocycles. The molecule has 2 aromatic rings. The molecular formula is C20H23N3O2. The van der Waals surface area contributed by atoms with Gasteiger partial charge in [-0.3, -0.25) is 4.79 Å². The normalized spacial score (nSPS) is 15.2. The van der Waals surface area contributed by atoms with Crippen LogP contribution in [0.25, 0.3) is 0 Å². The zero-order chi connectivity index (χ0) is 17.6. The molecule has 130 valence electrons. The lowest BCUT2D eigenvalue weighted by Crippen LogP contribution is -2.57. The van der Waals surface area contributed by atoms with E-state index in [1.807, 2.05) is 36.4 Å². The van der Waals surface area contributed by atoms with Gasteiger partial charge in [0.1, 0.15) is 6.04 Å². The second-order valence-corrected chi connectivity index (χ2v) is 6.49. The molecule has 0 spiro atoms. The predicted molar refractivity (Wildman–Crippen MR) is 98.3 cm³/mol. The van der Waals surface area contributed by atoms with Gasteiger partial charge in [0.2, 0.25) is 5.91 Å². The summed E-state index contributed by atoms with van der Waals surface area (Å²) in [5, 5.41) is 5.42. The second kappa shape index (κ2) is 7.83. The molecule has 25 heavy (non-hydrogen) atoms. The fourth-order valence-electron chi connectivity index (χ4n) is 3.05. The molecule has 1 unspecified atom stereocenters. The van der Waals surface area contributed by atoms with Crippen LogP contribution in [-0.4, -0.2) is 36.0 Å². The SMILES string of the molecule is CC(NC(=O)Nc1ccccc1)C(=O)N1CC(Cc2ccccc2)C1. The number of rotatable bonds is 5. The van der Waals surface area contributed by atoms with Crippen LogP contribution in [0.1, 0.15) is 12.5 Å². The van der Waals surface area contributed by atoms with Gasteiger partial charge < -0.3 is 15.5 Å². The number of anilines is 1. The number of carbonyl (C=O) groups excluding carboxylic acids is 2. The molecule has 1 heterocycles. The van der Waals surface area contributed by atoms with E-state index in [9.17, 15) is 9.59 Å². The van der Waals surface area contributed by atoms with E-state index < -0.39 is 6.04 Å². The average Bonchev–Trinajstić information content (AvgIpc) is 2.59. The van der Waals surface area contributed by atoms with Crippen molar-refractivity contribution in [3.8, 4) is 0 Å². The third-order valence-corrected chi connectivity index (χ3v) is 4.39. The Hall–Kier alpha value is -2.82. The first-order chi connectivity index (χ1) is 12.1. The lowest BCUT2D eigenvalue weighted by atomic mass is 9.91. The Morgan fingerprint density at radius 1 is 1.04 bits per heavy atom. The van der Waals surface area contributed by atoms with Crippen LogP contribution < -0.4 is 10.6 Å². The molecule has 0 aromatic heterocycles. The van der Waals surface area contributed by atoms with E-state index in [4.69, 9.17) is 0 Å². The summed E-state index contributed by atoms with van der Waals surface area (Å²) in [5.41, 5.74) is 2.00. The van der Waals surface area contributed by atoms with E-state index in [1.165, 1.54) is 5.56 Å². The molecule has 5 nitrogen and oxygen atoms in total. The van der Waals surface area contributed by atoms with Gasteiger partial charge in [0, 0.05) is 18.8 Å². The van der Waals surface area contributed by atoms with Crippen LogP contribution in [0, 0.1) is 5.92 Å². The molecular weight excluding hydrogens is 314 g/mol. The van der Waals surface area contributed by atoms with Gasteiger partial charge in [-0.1, -0.05) is 48.5 Å². The first-order valence-electron chi connectivity index (χ1n) is 8.57. The average molecular weight is 337 g/mol. The molecule has 3 amide bonds. The summed E-state index contributed by atoms with van der Waals surface area (Å²) in [6, 6.07) is 18.6. The summed E-state index contributed by atoms with van der Waals surface area (Å²) >= 11 is 0. The number of hydrogen-bond acceptors (Lipinski definition) is 2. The minimum atomic E-state index is -0.540. The molecule has 1 saturated heterocycles. The highest BCUT2D eigenvalue weighted by molar-refractivity contribution is 5.93. The van der Waals surface area contributed by atoms with E-state index in [1.54, 1.807) is 24.0 Å². The summed E-state index contributed by atoms with van der Waals surface area (Å²) in [4.78, 5) is 26.2. The highest BCUT2D eigenvalue weighted by atomic mass is 16.2. The predicted octanol–water partition coefficient (Wildman–Crippen LogP) is 2.90. The minimum absolute atomic E-state index is 0.0347. The van der Waals surface area contributed by atoms with Crippen molar-refractivity contribution >= 4 is 17.6 Å². The van der Waals surface area contributed by atoms with Crippen LogP contribution in [0.4, 0.5) is 10.5 Å². The largest absolute Gasteiger partial charge is 0.340 e. The summed E-state index contributed by atoms with van der Waals surface area (Å²) in [6.45, 7) is 3.22. The van der Waals surface area contributed by atoms with Crippen molar-refractivity contribution in [2.75, 3.05) is 18.4 Å². The van der Waals surface area contributed by atoms with Gasteiger partial charge in [-0.2, -0.15) is 0 Å². The summed E-state index contributed by atoms with van der Waals surface area (Å²) in [7, 11) is 0. The maximum absolute atomic E-state index is 12.4. The van der Waals surface area contributed by atoms with Crippen molar-refractivity contribution < 1.29 is 9.59 Å². The number of amides is 3. The van der Waals surface area contributed by atoms with Gasteiger partial charge in [0.05, 0.1) is 0 Å². The smallest absolute Gasteiger partial charge is 0.319 e. The monoisotopic (exact) mass is 337 g/mol. The zero-order valence-corrected chi connectivity index (χ0v) is 14.3. The number of likely N-dealkylation sites (tertiary alicyclic amines) is 1. The Labute approximate surface area is 148 Å². The van der Waals surface area contributed by atoms with E-state index >= 15 is 0 Å². The molecule has 2 aromatic carbocycles. The number of nitrogens with zero attached hydrogens (tertiary/aromatic N) is 1. The third-order valence-electron chi connectivity index (χ3n) is 4.39. The van der Waals surface area contributed by atoms with Gasteiger partial charge in [-0.15, -0.1) is 0 Å². The maximum atomic E-state index is 12.4. The highest BCUT2D eigenvalue weighted by Crippen LogP contribution is 2.21. The molecule has 5 heteroatoms. The number of urea groups is 1. The molecule has 2 N–H and O–H groups in total. The fourth-order valence-corrected chi connectivity index (χ4v) is 3.05. The zero-order valence-electron chi connectivity index (χ0n) is 14.3. The van der Waals surface area contributed by atoms with Crippen molar-refractivity contribution in [1.82, 2.24) is 10.2 Å². The number of para-hydroxylation sites is 1. The van der Waals surface area contributed by atoms with Gasteiger partial charge in [-0.05, 0) is 37.0 Å². The number of carbonyl (C=O) groups is 2. The van der Waals surface area contributed by atoms with Crippen molar-refractivity contribution in [3.63, 3.8) is 0 Å². The molecule has 0 bridgehead atoms. The van der Waals surface area contributed by atoms with Crippen LogP contribution in [-0.2, 0) is 11.2 Å². The van der Waals surface area contributed by atoms with E-state index in [-0.39, 0.29) is 11.9 Å². The standard InChI is InChI=1S/C20H23N3O2/c1-15(21-20(25)22-18-10-6-3-7-11-18)19(24)23-13-17(14-23)12-16-8-4-2-5-9-16/h2-11,15,17H,12-14H2,1H3,(H2,21,22,25). The maximum Gasteiger partial charge on any atom is 0.319 e. The first-order valence-corrected chi connectivity index (χ1v) is 8.57. The number of benzene rings is 2.